The molecule has 1 amide bonds. The van der Waals surface area contributed by atoms with Crippen molar-refractivity contribution in [2.45, 2.75) is 32.2 Å². The van der Waals surface area contributed by atoms with E-state index >= 15 is 0 Å². The average molecular weight is 262 g/mol. The molecule has 0 aliphatic heterocycles. The van der Waals surface area contributed by atoms with Crippen molar-refractivity contribution in [1.29, 1.82) is 0 Å². The second-order valence-corrected chi connectivity index (χ2v) is 4.77. The molecular formula is C14H18N2O3. The lowest BCUT2D eigenvalue weighted by Crippen LogP contribution is -2.26. The van der Waals surface area contributed by atoms with E-state index < -0.39 is 5.97 Å². The molecule has 0 bridgehead atoms. The van der Waals surface area contributed by atoms with Crippen LogP contribution >= 0.6 is 0 Å². The number of ether oxygens (including phenoxy) is 1. The first-order valence-corrected chi connectivity index (χ1v) is 6.39. The Labute approximate surface area is 112 Å². The van der Waals surface area contributed by atoms with Gasteiger partial charge >= 0.3 is 5.97 Å². The van der Waals surface area contributed by atoms with E-state index in [4.69, 9.17) is 10.5 Å². The van der Waals surface area contributed by atoms with Crippen LogP contribution in [0.2, 0.25) is 0 Å². The number of aryl methyl sites for hydroxylation is 1. The lowest BCUT2D eigenvalue weighted by molar-refractivity contribution is -0.121. The summed E-state index contributed by atoms with van der Waals surface area (Å²) in [5.74, 6) is -0.553. The van der Waals surface area contributed by atoms with Crippen LogP contribution in [0, 0.1) is 6.92 Å². The molecule has 1 aliphatic rings. The maximum absolute atomic E-state index is 11.9. The van der Waals surface area contributed by atoms with Crippen LogP contribution in [0.25, 0.3) is 0 Å². The Hall–Kier alpha value is -2.04. The molecule has 5 nitrogen and oxygen atoms in total. The van der Waals surface area contributed by atoms with E-state index in [1.54, 1.807) is 25.1 Å². The van der Waals surface area contributed by atoms with Gasteiger partial charge in [0.2, 0.25) is 5.91 Å². The summed E-state index contributed by atoms with van der Waals surface area (Å²) in [6.07, 6.45) is 2.28. The molecule has 0 spiro atoms. The van der Waals surface area contributed by atoms with Gasteiger partial charge in [0.25, 0.3) is 0 Å². The Morgan fingerprint density at radius 1 is 1.42 bits per heavy atom. The largest absolute Gasteiger partial charge is 0.461 e. The third kappa shape index (κ3) is 3.71. The second-order valence-electron chi connectivity index (χ2n) is 4.77. The molecule has 1 aromatic carbocycles. The predicted molar refractivity (Wildman–Crippen MR) is 71.7 cm³/mol. The number of benzene rings is 1. The molecule has 0 heterocycles. The standard InChI is InChI=1S/C14H18N2O3/c1-9-3-2-4-11(15)13(9)14(18)19-8-7-12(17)16-10-5-6-10/h2-4,10H,5-8,15H2,1H3,(H,16,17). The summed E-state index contributed by atoms with van der Waals surface area (Å²) in [6.45, 7) is 1.87. The Morgan fingerprint density at radius 2 is 2.16 bits per heavy atom. The normalized spacial score (nSPS) is 13.9. The molecule has 2 rings (SSSR count). The number of carbonyl (C=O) groups is 2. The molecule has 1 fully saturated rings. The summed E-state index contributed by atoms with van der Waals surface area (Å²) in [5, 5.41) is 2.84. The van der Waals surface area contributed by atoms with Gasteiger partial charge in [-0.25, -0.2) is 4.79 Å². The van der Waals surface area contributed by atoms with Crippen molar-refractivity contribution < 1.29 is 14.3 Å². The van der Waals surface area contributed by atoms with Gasteiger partial charge in [0, 0.05) is 11.7 Å². The summed E-state index contributed by atoms with van der Waals surface area (Å²) in [4.78, 5) is 23.3. The number of amides is 1. The molecule has 1 saturated carbocycles. The Bertz CT molecular complexity index is 475. The highest BCUT2D eigenvalue weighted by molar-refractivity contribution is 5.96. The minimum atomic E-state index is -0.477. The Morgan fingerprint density at radius 3 is 2.79 bits per heavy atom. The minimum absolute atomic E-state index is 0.0746. The van der Waals surface area contributed by atoms with E-state index in [-0.39, 0.29) is 18.9 Å². The summed E-state index contributed by atoms with van der Waals surface area (Å²) >= 11 is 0. The highest BCUT2D eigenvalue weighted by Gasteiger charge is 2.23. The number of nitrogens with two attached hydrogens (primary N) is 1. The van der Waals surface area contributed by atoms with Crippen molar-refractivity contribution in [3.63, 3.8) is 0 Å². The van der Waals surface area contributed by atoms with E-state index in [9.17, 15) is 9.59 Å². The summed E-state index contributed by atoms with van der Waals surface area (Å²) in [5.41, 5.74) is 7.29. The van der Waals surface area contributed by atoms with Crippen LogP contribution in [0.15, 0.2) is 18.2 Å². The summed E-state index contributed by atoms with van der Waals surface area (Å²) < 4.78 is 5.08. The number of esters is 1. The Kier molecular flexibility index (Phi) is 4.04. The number of nitrogens with one attached hydrogen (secondary N) is 1. The van der Waals surface area contributed by atoms with E-state index in [0.29, 0.717) is 17.3 Å². The van der Waals surface area contributed by atoms with Crippen molar-refractivity contribution >= 4 is 17.6 Å². The molecule has 19 heavy (non-hydrogen) atoms. The zero-order chi connectivity index (χ0) is 13.8. The zero-order valence-electron chi connectivity index (χ0n) is 10.9. The molecule has 102 valence electrons. The van der Waals surface area contributed by atoms with E-state index in [0.717, 1.165) is 18.4 Å². The first kappa shape index (κ1) is 13.4. The van der Waals surface area contributed by atoms with Crippen LogP contribution in [0.5, 0.6) is 0 Å². The first-order chi connectivity index (χ1) is 9.08. The van der Waals surface area contributed by atoms with Crippen molar-refractivity contribution in [2.75, 3.05) is 12.3 Å². The molecule has 3 N–H and O–H groups in total. The van der Waals surface area contributed by atoms with Crippen molar-refractivity contribution in [1.82, 2.24) is 5.32 Å². The number of carbonyl (C=O) groups excluding carboxylic acids is 2. The van der Waals surface area contributed by atoms with Crippen LogP contribution in [-0.4, -0.2) is 24.5 Å². The molecule has 0 radical (unpaired) electrons. The fraction of sp³-hybridized carbons (Fsp3) is 0.429. The number of anilines is 1. The summed E-state index contributed by atoms with van der Waals surface area (Å²) in [6, 6.07) is 5.57. The molecule has 0 saturated heterocycles. The predicted octanol–water partition coefficient (Wildman–Crippen LogP) is 1.40. The lowest BCUT2D eigenvalue weighted by Gasteiger charge is -2.09. The van der Waals surface area contributed by atoms with Gasteiger partial charge in [-0.3, -0.25) is 4.79 Å². The highest BCUT2D eigenvalue weighted by atomic mass is 16.5. The maximum Gasteiger partial charge on any atom is 0.340 e. The first-order valence-electron chi connectivity index (χ1n) is 6.39. The van der Waals surface area contributed by atoms with Crippen molar-refractivity contribution in [3.8, 4) is 0 Å². The van der Waals surface area contributed by atoms with Crippen LogP contribution < -0.4 is 11.1 Å². The number of hydrogen-bond donors (Lipinski definition) is 2. The smallest absolute Gasteiger partial charge is 0.340 e. The molecular weight excluding hydrogens is 244 g/mol. The molecule has 1 aromatic rings. The van der Waals surface area contributed by atoms with E-state index in [1.807, 2.05) is 0 Å². The van der Waals surface area contributed by atoms with Gasteiger partial charge in [0.05, 0.1) is 12.0 Å². The molecule has 0 atom stereocenters. The zero-order valence-corrected chi connectivity index (χ0v) is 10.9. The van der Waals surface area contributed by atoms with Gasteiger partial charge in [-0.2, -0.15) is 0 Å². The maximum atomic E-state index is 11.9. The third-order valence-electron chi connectivity index (χ3n) is 3.01. The van der Waals surface area contributed by atoms with Gasteiger partial charge in [0.1, 0.15) is 6.61 Å². The number of rotatable bonds is 5. The third-order valence-corrected chi connectivity index (χ3v) is 3.01. The van der Waals surface area contributed by atoms with Crippen LogP contribution in [0.4, 0.5) is 5.69 Å². The number of hydrogen-bond acceptors (Lipinski definition) is 4. The van der Waals surface area contributed by atoms with Crippen LogP contribution in [0.1, 0.15) is 35.2 Å². The van der Waals surface area contributed by atoms with Gasteiger partial charge in [-0.1, -0.05) is 12.1 Å². The van der Waals surface area contributed by atoms with Crippen LogP contribution in [0.3, 0.4) is 0 Å². The van der Waals surface area contributed by atoms with Crippen LogP contribution in [-0.2, 0) is 9.53 Å². The van der Waals surface area contributed by atoms with Gasteiger partial charge < -0.3 is 15.8 Å². The fourth-order valence-electron chi connectivity index (χ4n) is 1.81. The van der Waals surface area contributed by atoms with Gasteiger partial charge in [-0.15, -0.1) is 0 Å². The van der Waals surface area contributed by atoms with E-state index in [2.05, 4.69) is 5.32 Å². The summed E-state index contributed by atoms with van der Waals surface area (Å²) in [7, 11) is 0. The molecule has 1 aliphatic carbocycles. The SMILES string of the molecule is Cc1cccc(N)c1C(=O)OCCC(=O)NC1CC1. The van der Waals surface area contributed by atoms with E-state index in [1.165, 1.54) is 0 Å². The highest BCUT2D eigenvalue weighted by Crippen LogP contribution is 2.19. The number of nitrogen functional groups attached to an aromatic ring is 1. The average Bonchev–Trinajstić information content (AvgIpc) is 3.12. The van der Waals surface area contributed by atoms with Gasteiger partial charge in [-0.05, 0) is 31.4 Å². The lowest BCUT2D eigenvalue weighted by atomic mass is 10.1. The second kappa shape index (κ2) is 5.73. The minimum Gasteiger partial charge on any atom is -0.461 e. The monoisotopic (exact) mass is 262 g/mol. The van der Waals surface area contributed by atoms with Gasteiger partial charge in [0.15, 0.2) is 0 Å². The molecule has 0 unspecified atom stereocenters. The topological polar surface area (TPSA) is 81.4 Å². The van der Waals surface area contributed by atoms with Crippen molar-refractivity contribution in [2.24, 2.45) is 0 Å². The van der Waals surface area contributed by atoms with Crippen molar-refractivity contribution in [3.05, 3.63) is 29.3 Å². The quantitative estimate of drug-likeness (QED) is 0.621. The molecule has 5 heteroatoms. The fourth-order valence-corrected chi connectivity index (χ4v) is 1.81. The Balaban J connectivity index is 1.82. The molecule has 0 aromatic heterocycles.